The highest BCUT2D eigenvalue weighted by Crippen LogP contribution is 2.25. The second-order valence-electron chi connectivity index (χ2n) is 5.53. The number of hydrogen-bond donors (Lipinski definition) is 1. The molecule has 0 saturated carbocycles. The standard InChI is InChI=1S/C16H25FN2O/c1-3-13(2)12-20-14-5-6-16(15(17)11-14)19-9-4-7-18-8-10-19/h5-6,11,13,18H,3-4,7-10,12H2,1-2H3. The molecule has 1 heterocycles. The van der Waals surface area contributed by atoms with Crippen molar-refractivity contribution in [3.63, 3.8) is 0 Å². The molecule has 0 radical (unpaired) electrons. The number of halogens is 1. The molecule has 112 valence electrons. The third kappa shape index (κ3) is 4.10. The number of rotatable bonds is 5. The fourth-order valence-electron chi connectivity index (χ4n) is 2.28. The maximum Gasteiger partial charge on any atom is 0.150 e. The molecule has 2 rings (SSSR count). The SMILES string of the molecule is CCC(C)COc1ccc(N2CCCNCC2)c(F)c1. The fourth-order valence-corrected chi connectivity index (χ4v) is 2.28. The van der Waals surface area contributed by atoms with Gasteiger partial charge in [0.05, 0.1) is 12.3 Å². The van der Waals surface area contributed by atoms with E-state index in [4.69, 9.17) is 4.74 Å². The van der Waals surface area contributed by atoms with Gasteiger partial charge < -0.3 is 15.0 Å². The van der Waals surface area contributed by atoms with Crippen LogP contribution in [0.2, 0.25) is 0 Å². The van der Waals surface area contributed by atoms with Gasteiger partial charge in [0, 0.05) is 25.7 Å². The summed E-state index contributed by atoms with van der Waals surface area (Å²) in [6, 6.07) is 5.22. The van der Waals surface area contributed by atoms with Crippen LogP contribution in [0.5, 0.6) is 5.75 Å². The molecule has 4 heteroatoms. The van der Waals surface area contributed by atoms with Crippen molar-refractivity contribution in [3.8, 4) is 5.75 Å². The molecule has 0 amide bonds. The Morgan fingerprint density at radius 3 is 2.95 bits per heavy atom. The summed E-state index contributed by atoms with van der Waals surface area (Å²) in [6.45, 7) is 8.57. The van der Waals surface area contributed by atoms with Crippen LogP contribution < -0.4 is 15.0 Å². The summed E-state index contributed by atoms with van der Waals surface area (Å²) >= 11 is 0. The maximum absolute atomic E-state index is 14.2. The van der Waals surface area contributed by atoms with Gasteiger partial charge in [-0.15, -0.1) is 0 Å². The zero-order valence-electron chi connectivity index (χ0n) is 12.5. The van der Waals surface area contributed by atoms with Gasteiger partial charge in [-0.25, -0.2) is 4.39 Å². The average molecular weight is 280 g/mol. The van der Waals surface area contributed by atoms with Crippen molar-refractivity contribution in [3.05, 3.63) is 24.0 Å². The first-order chi connectivity index (χ1) is 9.70. The molecular weight excluding hydrogens is 255 g/mol. The summed E-state index contributed by atoms with van der Waals surface area (Å²) in [6.07, 6.45) is 2.12. The van der Waals surface area contributed by atoms with E-state index in [-0.39, 0.29) is 5.82 Å². The second-order valence-corrected chi connectivity index (χ2v) is 5.53. The minimum absolute atomic E-state index is 0.187. The van der Waals surface area contributed by atoms with Crippen LogP contribution in [-0.4, -0.2) is 32.8 Å². The molecular formula is C16H25FN2O. The van der Waals surface area contributed by atoms with Crippen LogP contribution in [0.15, 0.2) is 18.2 Å². The normalized spacial score (nSPS) is 17.6. The molecule has 1 unspecified atom stereocenters. The van der Waals surface area contributed by atoms with Crippen molar-refractivity contribution < 1.29 is 9.13 Å². The van der Waals surface area contributed by atoms with E-state index < -0.39 is 0 Å². The van der Waals surface area contributed by atoms with E-state index >= 15 is 0 Å². The van der Waals surface area contributed by atoms with Crippen molar-refractivity contribution in [2.24, 2.45) is 5.92 Å². The van der Waals surface area contributed by atoms with Gasteiger partial charge in [-0.1, -0.05) is 20.3 Å². The molecule has 1 saturated heterocycles. The molecule has 1 atom stereocenters. The molecule has 0 spiro atoms. The first-order valence-electron chi connectivity index (χ1n) is 7.58. The first-order valence-corrected chi connectivity index (χ1v) is 7.58. The first kappa shape index (κ1) is 15.1. The van der Waals surface area contributed by atoms with Gasteiger partial charge in [-0.05, 0) is 31.0 Å². The van der Waals surface area contributed by atoms with Gasteiger partial charge in [-0.3, -0.25) is 0 Å². The number of hydrogen-bond acceptors (Lipinski definition) is 3. The lowest BCUT2D eigenvalue weighted by atomic mass is 10.1. The summed E-state index contributed by atoms with van der Waals surface area (Å²) in [5, 5.41) is 3.33. The molecule has 1 aliphatic heterocycles. The minimum Gasteiger partial charge on any atom is -0.493 e. The molecule has 0 aliphatic carbocycles. The fraction of sp³-hybridized carbons (Fsp3) is 0.625. The predicted octanol–water partition coefficient (Wildman–Crippen LogP) is 3.05. The number of ether oxygens (including phenoxy) is 1. The lowest BCUT2D eigenvalue weighted by molar-refractivity contribution is 0.255. The van der Waals surface area contributed by atoms with Gasteiger partial charge in [0.25, 0.3) is 0 Å². The Labute approximate surface area is 121 Å². The Balaban J connectivity index is 2.01. The smallest absolute Gasteiger partial charge is 0.150 e. The van der Waals surface area contributed by atoms with Crippen molar-refractivity contribution in [1.82, 2.24) is 5.32 Å². The Hall–Kier alpha value is -1.29. The summed E-state index contributed by atoms with van der Waals surface area (Å²) in [5.41, 5.74) is 0.685. The van der Waals surface area contributed by atoms with Gasteiger partial charge >= 0.3 is 0 Å². The van der Waals surface area contributed by atoms with E-state index in [0.29, 0.717) is 24.0 Å². The average Bonchev–Trinajstić information content (AvgIpc) is 2.73. The Bertz CT molecular complexity index is 417. The lowest BCUT2D eigenvalue weighted by Gasteiger charge is -2.23. The molecule has 20 heavy (non-hydrogen) atoms. The van der Waals surface area contributed by atoms with Crippen LogP contribution in [0.25, 0.3) is 0 Å². The van der Waals surface area contributed by atoms with Crippen LogP contribution in [0, 0.1) is 11.7 Å². The summed E-state index contributed by atoms with van der Waals surface area (Å²) in [7, 11) is 0. The monoisotopic (exact) mass is 280 g/mol. The van der Waals surface area contributed by atoms with Crippen molar-refractivity contribution in [2.45, 2.75) is 26.7 Å². The lowest BCUT2D eigenvalue weighted by Crippen LogP contribution is -2.28. The van der Waals surface area contributed by atoms with E-state index in [1.807, 2.05) is 12.1 Å². The Kier molecular flexibility index (Phi) is 5.65. The van der Waals surface area contributed by atoms with Gasteiger partial charge in [0.1, 0.15) is 11.6 Å². The third-order valence-corrected chi connectivity index (χ3v) is 3.83. The molecule has 1 aromatic rings. The van der Waals surface area contributed by atoms with E-state index in [1.54, 1.807) is 0 Å². The second kappa shape index (κ2) is 7.48. The number of nitrogens with one attached hydrogen (secondary N) is 1. The van der Waals surface area contributed by atoms with Crippen LogP contribution in [-0.2, 0) is 0 Å². The zero-order chi connectivity index (χ0) is 14.4. The van der Waals surface area contributed by atoms with Crippen molar-refractivity contribution in [1.29, 1.82) is 0 Å². The molecule has 0 bridgehead atoms. The van der Waals surface area contributed by atoms with E-state index in [1.165, 1.54) is 6.07 Å². The van der Waals surface area contributed by atoms with E-state index in [0.717, 1.165) is 39.0 Å². The van der Waals surface area contributed by atoms with Crippen LogP contribution in [0.1, 0.15) is 26.7 Å². The van der Waals surface area contributed by atoms with Gasteiger partial charge in [0.15, 0.2) is 0 Å². The number of benzene rings is 1. The van der Waals surface area contributed by atoms with Crippen LogP contribution in [0.4, 0.5) is 10.1 Å². The van der Waals surface area contributed by atoms with E-state index in [2.05, 4.69) is 24.1 Å². The highest BCUT2D eigenvalue weighted by molar-refractivity contribution is 5.50. The Morgan fingerprint density at radius 1 is 1.35 bits per heavy atom. The summed E-state index contributed by atoms with van der Waals surface area (Å²) in [5.74, 6) is 0.933. The molecule has 1 fully saturated rings. The molecule has 1 aromatic carbocycles. The summed E-state index contributed by atoms with van der Waals surface area (Å²) < 4.78 is 19.9. The molecule has 0 aromatic heterocycles. The Morgan fingerprint density at radius 2 is 2.20 bits per heavy atom. The van der Waals surface area contributed by atoms with Gasteiger partial charge in [-0.2, -0.15) is 0 Å². The topological polar surface area (TPSA) is 24.5 Å². The maximum atomic E-state index is 14.2. The van der Waals surface area contributed by atoms with Crippen LogP contribution >= 0.6 is 0 Å². The predicted molar refractivity (Wildman–Crippen MR) is 81.0 cm³/mol. The van der Waals surface area contributed by atoms with Gasteiger partial charge in [0.2, 0.25) is 0 Å². The van der Waals surface area contributed by atoms with Crippen molar-refractivity contribution in [2.75, 3.05) is 37.7 Å². The van der Waals surface area contributed by atoms with E-state index in [9.17, 15) is 4.39 Å². The number of anilines is 1. The molecule has 1 N–H and O–H groups in total. The highest BCUT2D eigenvalue weighted by atomic mass is 19.1. The third-order valence-electron chi connectivity index (χ3n) is 3.83. The van der Waals surface area contributed by atoms with Crippen LogP contribution in [0.3, 0.4) is 0 Å². The summed E-state index contributed by atoms with van der Waals surface area (Å²) in [4.78, 5) is 2.10. The quantitative estimate of drug-likeness (QED) is 0.897. The largest absolute Gasteiger partial charge is 0.493 e. The molecule has 1 aliphatic rings. The highest BCUT2D eigenvalue weighted by Gasteiger charge is 2.14. The zero-order valence-corrected chi connectivity index (χ0v) is 12.5. The number of nitrogens with zero attached hydrogens (tertiary/aromatic N) is 1. The minimum atomic E-state index is -0.187. The molecule has 3 nitrogen and oxygen atoms in total. The van der Waals surface area contributed by atoms with Crippen molar-refractivity contribution >= 4 is 5.69 Å².